The number of hydrogen-bond donors (Lipinski definition) is 1. The minimum atomic E-state index is -0.515. The van der Waals surface area contributed by atoms with Gasteiger partial charge < -0.3 is 9.47 Å². The van der Waals surface area contributed by atoms with Crippen LogP contribution in [0.1, 0.15) is 31.8 Å². The minimum absolute atomic E-state index is 0.312. The summed E-state index contributed by atoms with van der Waals surface area (Å²) in [5.41, 5.74) is 4.94. The monoisotopic (exact) mass is 466 g/mol. The molecule has 6 nitrogen and oxygen atoms in total. The van der Waals surface area contributed by atoms with E-state index in [9.17, 15) is 9.59 Å². The van der Waals surface area contributed by atoms with E-state index in [1.807, 2.05) is 19.1 Å². The van der Waals surface area contributed by atoms with Gasteiger partial charge >= 0.3 is 5.97 Å². The summed E-state index contributed by atoms with van der Waals surface area (Å²) in [6.07, 6.45) is 1.42. The number of nitrogens with one attached hydrogen (secondary N) is 1. The molecule has 0 heterocycles. The van der Waals surface area contributed by atoms with E-state index in [1.54, 1.807) is 61.7 Å². The van der Waals surface area contributed by atoms with E-state index in [2.05, 4.69) is 26.5 Å². The Morgan fingerprint density at radius 1 is 0.967 bits per heavy atom. The Kier molecular flexibility index (Phi) is 6.98. The average Bonchev–Trinajstić information content (AvgIpc) is 2.76. The lowest BCUT2D eigenvalue weighted by molar-refractivity contribution is 0.0734. The first-order valence-corrected chi connectivity index (χ1v) is 9.81. The number of hydrogen-bond acceptors (Lipinski definition) is 5. The summed E-state index contributed by atoms with van der Waals surface area (Å²) in [5, 5.41) is 3.99. The van der Waals surface area contributed by atoms with Gasteiger partial charge in [0.25, 0.3) is 5.91 Å². The highest BCUT2D eigenvalue weighted by molar-refractivity contribution is 9.10. The average molecular weight is 467 g/mol. The third-order valence-electron chi connectivity index (χ3n) is 4.18. The maximum absolute atomic E-state index is 12.5. The van der Waals surface area contributed by atoms with Crippen molar-refractivity contribution in [2.45, 2.75) is 6.92 Å². The van der Waals surface area contributed by atoms with Gasteiger partial charge in [0.15, 0.2) is 0 Å². The number of esters is 1. The SMILES string of the molecule is COc1ccc(C(=O)Oc2ccc(Br)cc2C=NNC(=O)c2ccc(C)cc2)cc1. The molecule has 0 radical (unpaired) electrons. The van der Waals surface area contributed by atoms with E-state index < -0.39 is 5.97 Å². The summed E-state index contributed by atoms with van der Waals surface area (Å²) in [6.45, 7) is 1.95. The Bertz CT molecular complexity index is 1080. The number of hydrazone groups is 1. The number of carbonyl (C=O) groups is 2. The van der Waals surface area contributed by atoms with E-state index in [0.717, 1.165) is 10.0 Å². The van der Waals surface area contributed by atoms with Gasteiger partial charge in [-0.15, -0.1) is 0 Å². The van der Waals surface area contributed by atoms with Crippen molar-refractivity contribution in [2.24, 2.45) is 5.10 Å². The Hall–Kier alpha value is -3.45. The summed E-state index contributed by atoms with van der Waals surface area (Å²) in [5.74, 6) is 0.107. The van der Waals surface area contributed by atoms with Crippen LogP contribution in [0, 0.1) is 6.92 Å². The highest BCUT2D eigenvalue weighted by Crippen LogP contribution is 2.23. The fourth-order valence-electron chi connectivity index (χ4n) is 2.53. The van der Waals surface area contributed by atoms with Crippen LogP contribution in [0.5, 0.6) is 11.5 Å². The van der Waals surface area contributed by atoms with E-state index in [-0.39, 0.29) is 5.91 Å². The summed E-state index contributed by atoms with van der Waals surface area (Å²) in [4.78, 5) is 24.6. The third kappa shape index (κ3) is 5.55. The summed E-state index contributed by atoms with van der Waals surface area (Å²) in [7, 11) is 1.55. The van der Waals surface area contributed by atoms with Gasteiger partial charge in [0.2, 0.25) is 0 Å². The predicted molar refractivity (Wildman–Crippen MR) is 118 cm³/mol. The molecule has 3 rings (SSSR count). The molecule has 0 aliphatic carbocycles. The van der Waals surface area contributed by atoms with E-state index in [0.29, 0.717) is 28.2 Å². The van der Waals surface area contributed by atoms with Crippen molar-refractivity contribution >= 4 is 34.0 Å². The molecule has 3 aromatic rings. The molecule has 0 bridgehead atoms. The van der Waals surface area contributed by atoms with Gasteiger partial charge in [0.1, 0.15) is 11.5 Å². The molecule has 1 N–H and O–H groups in total. The van der Waals surface area contributed by atoms with E-state index >= 15 is 0 Å². The Labute approximate surface area is 182 Å². The summed E-state index contributed by atoms with van der Waals surface area (Å²) in [6, 6.07) is 18.9. The van der Waals surface area contributed by atoms with Gasteiger partial charge in [-0.2, -0.15) is 5.10 Å². The van der Waals surface area contributed by atoms with Gasteiger partial charge in [0.05, 0.1) is 18.9 Å². The molecule has 0 saturated heterocycles. The second kappa shape index (κ2) is 9.84. The lowest BCUT2D eigenvalue weighted by atomic mass is 10.1. The zero-order valence-corrected chi connectivity index (χ0v) is 18.0. The summed E-state index contributed by atoms with van der Waals surface area (Å²) >= 11 is 3.38. The number of halogens is 1. The van der Waals surface area contributed by atoms with Crippen LogP contribution in [0.2, 0.25) is 0 Å². The van der Waals surface area contributed by atoms with Gasteiger partial charge in [-0.25, -0.2) is 10.2 Å². The van der Waals surface area contributed by atoms with E-state index in [4.69, 9.17) is 9.47 Å². The molecule has 0 aromatic heterocycles. The van der Waals surface area contributed by atoms with Crippen molar-refractivity contribution in [1.82, 2.24) is 5.43 Å². The number of ether oxygens (including phenoxy) is 2. The van der Waals surface area contributed by atoms with Gasteiger partial charge in [-0.1, -0.05) is 33.6 Å². The van der Waals surface area contributed by atoms with Crippen LogP contribution >= 0.6 is 15.9 Å². The molecule has 0 aliphatic rings. The molecule has 152 valence electrons. The van der Waals surface area contributed by atoms with Crippen molar-refractivity contribution in [3.8, 4) is 11.5 Å². The number of benzene rings is 3. The van der Waals surface area contributed by atoms with Crippen LogP contribution in [-0.2, 0) is 0 Å². The van der Waals surface area contributed by atoms with Crippen LogP contribution in [0.3, 0.4) is 0 Å². The number of carbonyl (C=O) groups excluding carboxylic acids is 2. The molecule has 0 unspecified atom stereocenters. The molecule has 1 amide bonds. The molecular formula is C23H19BrN2O4. The maximum Gasteiger partial charge on any atom is 0.343 e. The molecule has 0 fully saturated rings. The number of amides is 1. The normalized spacial score (nSPS) is 10.6. The second-order valence-electron chi connectivity index (χ2n) is 6.37. The molecule has 0 spiro atoms. The first kappa shape index (κ1) is 21.3. The van der Waals surface area contributed by atoms with Crippen molar-refractivity contribution in [2.75, 3.05) is 7.11 Å². The van der Waals surface area contributed by atoms with Gasteiger partial charge in [-0.05, 0) is 61.5 Å². The molecule has 0 aliphatic heterocycles. The van der Waals surface area contributed by atoms with Crippen molar-refractivity contribution < 1.29 is 19.1 Å². The first-order valence-electron chi connectivity index (χ1n) is 9.02. The van der Waals surface area contributed by atoms with Crippen LogP contribution in [0.25, 0.3) is 0 Å². The fraction of sp³-hybridized carbons (Fsp3) is 0.0870. The molecule has 30 heavy (non-hydrogen) atoms. The topological polar surface area (TPSA) is 77.0 Å². The van der Waals surface area contributed by atoms with Crippen molar-refractivity contribution in [1.29, 1.82) is 0 Å². The number of nitrogens with zero attached hydrogens (tertiary/aromatic N) is 1. The second-order valence-corrected chi connectivity index (χ2v) is 7.28. The minimum Gasteiger partial charge on any atom is -0.497 e. The standard InChI is InChI=1S/C23H19BrN2O4/c1-15-3-5-16(6-4-15)22(27)26-25-14-18-13-19(24)9-12-21(18)30-23(28)17-7-10-20(29-2)11-8-17/h3-14H,1-2H3,(H,26,27). The van der Waals surface area contributed by atoms with E-state index in [1.165, 1.54) is 6.21 Å². The van der Waals surface area contributed by atoms with Gasteiger partial charge in [0, 0.05) is 15.6 Å². The predicted octanol–water partition coefficient (Wildman–Crippen LogP) is 4.75. The van der Waals surface area contributed by atoms with Crippen LogP contribution in [0.4, 0.5) is 0 Å². The Morgan fingerprint density at radius 3 is 2.30 bits per heavy atom. The maximum atomic E-state index is 12.5. The lowest BCUT2D eigenvalue weighted by Crippen LogP contribution is -2.17. The van der Waals surface area contributed by atoms with Crippen LogP contribution < -0.4 is 14.9 Å². The van der Waals surface area contributed by atoms with Gasteiger partial charge in [-0.3, -0.25) is 4.79 Å². The van der Waals surface area contributed by atoms with Crippen molar-refractivity contribution in [3.05, 3.63) is 93.5 Å². The smallest absolute Gasteiger partial charge is 0.343 e. The highest BCUT2D eigenvalue weighted by Gasteiger charge is 2.12. The highest BCUT2D eigenvalue weighted by atomic mass is 79.9. The fourth-order valence-corrected chi connectivity index (χ4v) is 2.91. The Balaban J connectivity index is 1.72. The molecule has 0 saturated carbocycles. The largest absolute Gasteiger partial charge is 0.497 e. The zero-order chi connectivity index (χ0) is 21.5. The molecule has 3 aromatic carbocycles. The number of methoxy groups -OCH3 is 1. The number of aryl methyl sites for hydroxylation is 1. The number of rotatable bonds is 6. The van der Waals surface area contributed by atoms with Crippen molar-refractivity contribution in [3.63, 3.8) is 0 Å². The molecule has 7 heteroatoms. The molecule has 0 atom stereocenters. The Morgan fingerprint density at radius 2 is 1.63 bits per heavy atom. The summed E-state index contributed by atoms with van der Waals surface area (Å²) < 4.78 is 11.4. The van der Waals surface area contributed by atoms with Crippen LogP contribution in [-0.4, -0.2) is 25.2 Å². The quantitative estimate of drug-likeness (QED) is 0.246. The lowest BCUT2D eigenvalue weighted by Gasteiger charge is -2.08. The third-order valence-corrected chi connectivity index (χ3v) is 4.68. The first-order chi connectivity index (χ1) is 14.5. The molecular weight excluding hydrogens is 448 g/mol. The zero-order valence-electron chi connectivity index (χ0n) is 16.4. The van der Waals surface area contributed by atoms with Crippen LogP contribution in [0.15, 0.2) is 76.3 Å².